The second-order valence-electron chi connectivity index (χ2n) is 5.56. The van der Waals surface area contributed by atoms with Crippen LogP contribution in [0.3, 0.4) is 0 Å². The molecule has 0 amide bonds. The monoisotopic (exact) mass is 271 g/mol. The highest BCUT2D eigenvalue weighted by Gasteiger charge is 2.14. The Morgan fingerprint density at radius 3 is 2.45 bits per heavy atom. The quantitative estimate of drug-likeness (QED) is 0.904. The molecular formula is C17H25N3. The van der Waals surface area contributed by atoms with E-state index in [-0.39, 0.29) is 0 Å². The molecule has 20 heavy (non-hydrogen) atoms. The zero-order valence-electron chi connectivity index (χ0n) is 13.2. The summed E-state index contributed by atoms with van der Waals surface area (Å²) in [5.41, 5.74) is 6.41. The van der Waals surface area contributed by atoms with Gasteiger partial charge in [-0.15, -0.1) is 0 Å². The van der Waals surface area contributed by atoms with Crippen LogP contribution >= 0.6 is 0 Å². The molecule has 2 aromatic rings. The van der Waals surface area contributed by atoms with Crippen molar-refractivity contribution in [3.8, 4) is 0 Å². The van der Waals surface area contributed by atoms with Gasteiger partial charge in [-0.25, -0.2) is 0 Å². The summed E-state index contributed by atoms with van der Waals surface area (Å²) in [6, 6.07) is 9.26. The van der Waals surface area contributed by atoms with Crippen molar-refractivity contribution in [2.24, 2.45) is 7.05 Å². The van der Waals surface area contributed by atoms with Crippen molar-refractivity contribution in [2.45, 2.75) is 40.2 Å². The Morgan fingerprint density at radius 2 is 1.90 bits per heavy atom. The lowest BCUT2D eigenvalue weighted by Gasteiger charge is -2.19. The summed E-state index contributed by atoms with van der Waals surface area (Å²) >= 11 is 0. The van der Waals surface area contributed by atoms with E-state index in [9.17, 15) is 0 Å². The lowest BCUT2D eigenvalue weighted by molar-refractivity contribution is 0.528. The molecule has 0 radical (unpaired) electrons. The summed E-state index contributed by atoms with van der Waals surface area (Å²) in [6.45, 7) is 9.50. The highest BCUT2D eigenvalue weighted by atomic mass is 15.3. The average Bonchev–Trinajstić information content (AvgIpc) is 2.71. The number of hydrogen-bond acceptors (Lipinski definition) is 2. The first-order valence-electron chi connectivity index (χ1n) is 7.31. The van der Waals surface area contributed by atoms with Gasteiger partial charge in [0.2, 0.25) is 0 Å². The van der Waals surface area contributed by atoms with Crippen LogP contribution in [0.5, 0.6) is 0 Å². The Kier molecular flexibility index (Phi) is 4.61. The van der Waals surface area contributed by atoms with E-state index >= 15 is 0 Å². The molecule has 108 valence electrons. The molecule has 0 saturated heterocycles. The van der Waals surface area contributed by atoms with E-state index in [0.717, 1.165) is 18.7 Å². The number of aromatic nitrogens is 2. The zero-order valence-corrected chi connectivity index (χ0v) is 13.2. The Hall–Kier alpha value is -1.61. The Bertz CT molecular complexity index is 584. The van der Waals surface area contributed by atoms with Gasteiger partial charge in [-0.2, -0.15) is 5.10 Å². The Labute approximate surface area is 122 Å². The highest BCUT2D eigenvalue weighted by Crippen LogP contribution is 2.21. The van der Waals surface area contributed by atoms with Crippen molar-refractivity contribution in [1.82, 2.24) is 15.1 Å². The normalized spacial score (nSPS) is 12.7. The van der Waals surface area contributed by atoms with Crippen LogP contribution in [0, 0.1) is 20.8 Å². The predicted octanol–water partition coefficient (Wildman–Crippen LogP) is 3.24. The van der Waals surface area contributed by atoms with Crippen molar-refractivity contribution in [2.75, 3.05) is 6.54 Å². The number of aryl methyl sites for hydroxylation is 4. The number of nitrogens with zero attached hydrogens (tertiary/aromatic N) is 2. The molecule has 0 spiro atoms. The van der Waals surface area contributed by atoms with Crippen LogP contribution in [0.1, 0.15) is 41.0 Å². The van der Waals surface area contributed by atoms with Gasteiger partial charge in [-0.1, -0.05) is 25.1 Å². The minimum absolute atomic E-state index is 0.342. The largest absolute Gasteiger partial charge is 0.310 e. The summed E-state index contributed by atoms with van der Waals surface area (Å²) in [4.78, 5) is 0. The van der Waals surface area contributed by atoms with Gasteiger partial charge < -0.3 is 5.32 Å². The lowest BCUT2D eigenvalue weighted by Crippen LogP contribution is -2.24. The molecular weight excluding hydrogens is 246 g/mol. The van der Waals surface area contributed by atoms with Crippen molar-refractivity contribution in [1.29, 1.82) is 0 Å². The second-order valence-corrected chi connectivity index (χ2v) is 5.56. The van der Waals surface area contributed by atoms with Crippen molar-refractivity contribution < 1.29 is 0 Å². The molecule has 0 aliphatic heterocycles. The van der Waals surface area contributed by atoms with Gasteiger partial charge in [0.25, 0.3) is 0 Å². The molecule has 3 heteroatoms. The van der Waals surface area contributed by atoms with E-state index in [1.54, 1.807) is 0 Å². The van der Waals surface area contributed by atoms with Gasteiger partial charge in [-0.05, 0) is 50.1 Å². The molecule has 0 aliphatic carbocycles. The molecule has 0 fully saturated rings. The van der Waals surface area contributed by atoms with E-state index in [0.29, 0.717) is 6.04 Å². The third-order valence-corrected chi connectivity index (χ3v) is 3.90. The van der Waals surface area contributed by atoms with Crippen LogP contribution < -0.4 is 5.32 Å². The average molecular weight is 271 g/mol. The summed E-state index contributed by atoms with van der Waals surface area (Å²) in [6.07, 6.45) is 0.966. The predicted molar refractivity (Wildman–Crippen MR) is 84.0 cm³/mol. The smallest absolute Gasteiger partial charge is 0.0596 e. The fraction of sp³-hybridized carbons (Fsp3) is 0.471. The standard InChI is InChI=1S/C17H25N3/c1-6-18-17(11-16-10-14(4)19-20(16)5)15-8-7-12(2)13(3)9-15/h7-10,17-18H,6,11H2,1-5H3. The Balaban J connectivity index is 2.26. The maximum absolute atomic E-state index is 4.44. The van der Waals surface area contributed by atoms with Gasteiger partial charge in [-0.3, -0.25) is 4.68 Å². The number of likely N-dealkylation sites (N-methyl/N-ethyl adjacent to an activating group) is 1. The Morgan fingerprint density at radius 1 is 1.15 bits per heavy atom. The maximum atomic E-state index is 4.44. The molecule has 2 rings (SSSR count). The van der Waals surface area contributed by atoms with Gasteiger partial charge in [0, 0.05) is 25.2 Å². The summed E-state index contributed by atoms with van der Waals surface area (Å²) in [5, 5.41) is 8.03. The van der Waals surface area contributed by atoms with Gasteiger partial charge >= 0.3 is 0 Å². The van der Waals surface area contributed by atoms with Crippen molar-refractivity contribution >= 4 is 0 Å². The minimum Gasteiger partial charge on any atom is -0.310 e. The molecule has 0 aliphatic rings. The summed E-state index contributed by atoms with van der Waals surface area (Å²) in [5.74, 6) is 0. The van der Waals surface area contributed by atoms with E-state index in [1.807, 2.05) is 18.7 Å². The SMILES string of the molecule is CCNC(Cc1cc(C)nn1C)c1ccc(C)c(C)c1. The molecule has 1 aromatic heterocycles. The fourth-order valence-corrected chi connectivity index (χ4v) is 2.60. The molecule has 1 heterocycles. The second kappa shape index (κ2) is 6.23. The summed E-state index contributed by atoms with van der Waals surface area (Å²) in [7, 11) is 2.02. The minimum atomic E-state index is 0.342. The van der Waals surface area contributed by atoms with Gasteiger partial charge in [0.05, 0.1) is 5.69 Å². The fourth-order valence-electron chi connectivity index (χ4n) is 2.60. The van der Waals surface area contributed by atoms with Crippen LogP contribution in [-0.4, -0.2) is 16.3 Å². The highest BCUT2D eigenvalue weighted by molar-refractivity contribution is 5.32. The van der Waals surface area contributed by atoms with Crippen LogP contribution in [0.2, 0.25) is 0 Å². The van der Waals surface area contributed by atoms with E-state index in [1.165, 1.54) is 22.4 Å². The van der Waals surface area contributed by atoms with Crippen molar-refractivity contribution in [3.05, 3.63) is 52.3 Å². The molecule has 3 nitrogen and oxygen atoms in total. The number of nitrogens with one attached hydrogen (secondary N) is 1. The van der Waals surface area contributed by atoms with Crippen LogP contribution in [0.25, 0.3) is 0 Å². The number of rotatable bonds is 5. The number of hydrogen-bond donors (Lipinski definition) is 1. The molecule has 0 saturated carbocycles. The first kappa shape index (κ1) is 14.8. The third kappa shape index (κ3) is 3.28. The van der Waals surface area contributed by atoms with E-state index < -0.39 is 0 Å². The molecule has 1 unspecified atom stereocenters. The van der Waals surface area contributed by atoms with Gasteiger partial charge in [0.15, 0.2) is 0 Å². The first-order valence-corrected chi connectivity index (χ1v) is 7.31. The molecule has 1 N–H and O–H groups in total. The van der Waals surface area contributed by atoms with Crippen molar-refractivity contribution in [3.63, 3.8) is 0 Å². The zero-order chi connectivity index (χ0) is 14.7. The number of benzene rings is 1. The molecule has 1 aromatic carbocycles. The summed E-state index contributed by atoms with van der Waals surface area (Å²) < 4.78 is 1.99. The third-order valence-electron chi connectivity index (χ3n) is 3.90. The van der Waals surface area contributed by atoms with Crippen LogP contribution in [0.4, 0.5) is 0 Å². The van der Waals surface area contributed by atoms with Crippen LogP contribution in [-0.2, 0) is 13.5 Å². The van der Waals surface area contributed by atoms with E-state index in [2.05, 4.69) is 55.5 Å². The van der Waals surface area contributed by atoms with E-state index in [4.69, 9.17) is 0 Å². The topological polar surface area (TPSA) is 29.9 Å². The lowest BCUT2D eigenvalue weighted by atomic mass is 9.97. The van der Waals surface area contributed by atoms with Gasteiger partial charge in [0.1, 0.15) is 0 Å². The van der Waals surface area contributed by atoms with Crippen LogP contribution in [0.15, 0.2) is 24.3 Å². The maximum Gasteiger partial charge on any atom is 0.0596 e. The molecule has 1 atom stereocenters. The molecule has 0 bridgehead atoms. The first-order chi connectivity index (χ1) is 9.51.